The third-order valence-electron chi connectivity index (χ3n) is 2.38. The van der Waals surface area contributed by atoms with Gasteiger partial charge in [0.15, 0.2) is 0 Å². The molecule has 0 aliphatic heterocycles. The molecule has 2 rings (SSSR count). The fraction of sp³-hybridized carbons (Fsp3) is 0.0714. The molecule has 20 heavy (non-hydrogen) atoms. The molecule has 0 fully saturated rings. The minimum absolute atomic E-state index is 0.0475. The number of aliphatic hydroxyl groups is 1. The van der Waals surface area contributed by atoms with Crippen LogP contribution in [-0.2, 0) is 0 Å². The largest absolute Gasteiger partial charge is 0.400 e. The van der Waals surface area contributed by atoms with E-state index in [1.165, 1.54) is 18.2 Å². The minimum Gasteiger partial charge on any atom is -0.400 e. The number of aliphatic hydroxyl groups excluding tert-OH is 1. The highest BCUT2D eigenvalue weighted by molar-refractivity contribution is 6.06. The number of nitrogens with one attached hydrogen (secondary N) is 1. The van der Waals surface area contributed by atoms with Gasteiger partial charge < -0.3 is 10.4 Å². The van der Waals surface area contributed by atoms with Gasteiger partial charge in [-0.15, -0.1) is 0 Å². The molecule has 0 aromatic heterocycles. The Labute approximate surface area is 115 Å². The number of nitro groups is 1. The number of nitrogens with zero attached hydrogens (tertiary/aromatic N) is 1. The lowest BCUT2D eigenvalue weighted by Gasteiger charge is -2.05. The topological polar surface area (TPSA) is 92.5 Å². The van der Waals surface area contributed by atoms with E-state index in [0.29, 0.717) is 5.69 Å². The number of para-hydroxylation sites is 2. The Morgan fingerprint density at radius 2 is 1.60 bits per heavy atom. The van der Waals surface area contributed by atoms with Gasteiger partial charge in [0, 0.05) is 18.9 Å². The number of benzene rings is 2. The van der Waals surface area contributed by atoms with Crippen LogP contribution in [0.4, 0.5) is 11.4 Å². The van der Waals surface area contributed by atoms with E-state index < -0.39 is 10.8 Å². The first-order valence-corrected chi connectivity index (χ1v) is 5.73. The predicted octanol–water partition coefficient (Wildman–Crippen LogP) is 2.46. The first-order chi connectivity index (χ1) is 9.68. The second-order valence-corrected chi connectivity index (χ2v) is 3.59. The summed E-state index contributed by atoms with van der Waals surface area (Å²) in [7, 11) is 1.00. The highest BCUT2D eigenvalue weighted by Gasteiger charge is 2.18. The van der Waals surface area contributed by atoms with Crippen LogP contribution in [0.15, 0.2) is 54.6 Å². The van der Waals surface area contributed by atoms with Gasteiger partial charge in [-0.1, -0.05) is 30.3 Å². The number of amides is 1. The fourth-order valence-corrected chi connectivity index (χ4v) is 1.54. The Morgan fingerprint density at radius 1 is 1.05 bits per heavy atom. The maximum absolute atomic E-state index is 11.9. The second kappa shape index (κ2) is 7.65. The van der Waals surface area contributed by atoms with Crippen LogP contribution >= 0.6 is 0 Å². The molecule has 2 aromatic carbocycles. The molecule has 0 unspecified atom stereocenters. The van der Waals surface area contributed by atoms with Crippen LogP contribution in [0.5, 0.6) is 0 Å². The molecule has 0 bridgehead atoms. The van der Waals surface area contributed by atoms with Gasteiger partial charge in [0.2, 0.25) is 0 Å². The molecule has 0 saturated carbocycles. The van der Waals surface area contributed by atoms with Crippen molar-refractivity contribution in [3.63, 3.8) is 0 Å². The van der Waals surface area contributed by atoms with E-state index in [1.807, 2.05) is 6.07 Å². The summed E-state index contributed by atoms with van der Waals surface area (Å²) in [5.41, 5.74) is 0.443. The van der Waals surface area contributed by atoms with Gasteiger partial charge in [0.05, 0.1) is 4.92 Å². The summed E-state index contributed by atoms with van der Waals surface area (Å²) in [6.45, 7) is 0. The zero-order chi connectivity index (χ0) is 15.0. The van der Waals surface area contributed by atoms with Gasteiger partial charge >= 0.3 is 0 Å². The summed E-state index contributed by atoms with van der Waals surface area (Å²) in [6, 6.07) is 14.6. The van der Waals surface area contributed by atoms with Crippen LogP contribution < -0.4 is 5.32 Å². The second-order valence-electron chi connectivity index (χ2n) is 3.59. The van der Waals surface area contributed by atoms with Gasteiger partial charge in [0.1, 0.15) is 5.56 Å². The summed E-state index contributed by atoms with van der Waals surface area (Å²) < 4.78 is 0. The van der Waals surface area contributed by atoms with Crippen molar-refractivity contribution in [2.45, 2.75) is 0 Å². The van der Waals surface area contributed by atoms with Crippen molar-refractivity contribution in [1.29, 1.82) is 0 Å². The number of hydrogen-bond acceptors (Lipinski definition) is 4. The number of hydrogen-bond donors (Lipinski definition) is 2. The van der Waals surface area contributed by atoms with Gasteiger partial charge in [-0.25, -0.2) is 0 Å². The molecular weight excluding hydrogens is 260 g/mol. The van der Waals surface area contributed by atoms with E-state index >= 15 is 0 Å². The summed E-state index contributed by atoms with van der Waals surface area (Å²) in [5.74, 6) is -0.492. The lowest BCUT2D eigenvalue weighted by Crippen LogP contribution is -2.13. The first-order valence-electron chi connectivity index (χ1n) is 5.73. The molecule has 0 atom stereocenters. The third kappa shape index (κ3) is 3.89. The lowest BCUT2D eigenvalue weighted by atomic mass is 10.1. The van der Waals surface area contributed by atoms with E-state index in [2.05, 4.69) is 5.32 Å². The van der Waals surface area contributed by atoms with Gasteiger partial charge in [-0.3, -0.25) is 14.9 Å². The summed E-state index contributed by atoms with van der Waals surface area (Å²) in [5, 5.41) is 20.4. The average Bonchev–Trinajstić information content (AvgIpc) is 2.50. The van der Waals surface area contributed by atoms with Crippen molar-refractivity contribution in [3.05, 3.63) is 70.3 Å². The van der Waals surface area contributed by atoms with E-state index in [1.54, 1.807) is 30.3 Å². The SMILES string of the molecule is CO.O=C(Nc1ccccc1)c1ccccc1[N+](=O)[O-]. The molecule has 0 heterocycles. The van der Waals surface area contributed by atoms with Crippen molar-refractivity contribution < 1.29 is 14.8 Å². The summed E-state index contributed by atoms with van der Waals surface area (Å²) in [6.07, 6.45) is 0. The molecule has 104 valence electrons. The predicted molar refractivity (Wildman–Crippen MR) is 75.6 cm³/mol. The number of rotatable bonds is 3. The van der Waals surface area contributed by atoms with E-state index in [9.17, 15) is 14.9 Å². The minimum atomic E-state index is -0.570. The van der Waals surface area contributed by atoms with Crippen LogP contribution in [0, 0.1) is 10.1 Å². The lowest BCUT2D eigenvalue weighted by molar-refractivity contribution is -0.385. The highest BCUT2D eigenvalue weighted by Crippen LogP contribution is 2.19. The highest BCUT2D eigenvalue weighted by atomic mass is 16.6. The van der Waals surface area contributed by atoms with Crippen LogP contribution in [0.1, 0.15) is 10.4 Å². The molecule has 2 aromatic rings. The number of anilines is 1. The van der Waals surface area contributed by atoms with Crippen molar-refractivity contribution in [2.24, 2.45) is 0 Å². The van der Waals surface area contributed by atoms with Gasteiger partial charge in [-0.2, -0.15) is 0 Å². The molecular formula is C14H14N2O4. The standard InChI is InChI=1S/C13H10N2O3.CH4O/c16-13(14-10-6-2-1-3-7-10)11-8-4-5-9-12(11)15(17)18;1-2/h1-9H,(H,14,16);2H,1H3. The Kier molecular flexibility index (Phi) is 5.86. The van der Waals surface area contributed by atoms with Crippen molar-refractivity contribution in [3.8, 4) is 0 Å². The zero-order valence-corrected chi connectivity index (χ0v) is 10.8. The molecule has 0 spiro atoms. The van der Waals surface area contributed by atoms with E-state index in [-0.39, 0.29) is 11.3 Å². The smallest absolute Gasteiger partial charge is 0.282 e. The maximum Gasteiger partial charge on any atom is 0.282 e. The Hall–Kier alpha value is -2.73. The Bertz CT molecular complexity index is 585. The van der Waals surface area contributed by atoms with Crippen LogP contribution in [0.3, 0.4) is 0 Å². The van der Waals surface area contributed by atoms with E-state index in [0.717, 1.165) is 7.11 Å². The molecule has 0 saturated heterocycles. The average molecular weight is 274 g/mol. The summed E-state index contributed by atoms with van der Waals surface area (Å²) >= 11 is 0. The quantitative estimate of drug-likeness (QED) is 0.664. The normalized spacial score (nSPS) is 9.10. The van der Waals surface area contributed by atoms with Gasteiger partial charge in [-0.05, 0) is 18.2 Å². The fourth-order valence-electron chi connectivity index (χ4n) is 1.54. The zero-order valence-electron chi connectivity index (χ0n) is 10.8. The van der Waals surface area contributed by atoms with Crippen LogP contribution in [0.2, 0.25) is 0 Å². The third-order valence-corrected chi connectivity index (χ3v) is 2.38. The molecule has 6 nitrogen and oxygen atoms in total. The molecule has 6 heteroatoms. The van der Waals surface area contributed by atoms with Crippen molar-refractivity contribution >= 4 is 17.3 Å². The Morgan fingerprint density at radius 3 is 2.20 bits per heavy atom. The van der Waals surface area contributed by atoms with Crippen molar-refractivity contribution in [2.75, 3.05) is 12.4 Å². The summed E-state index contributed by atoms with van der Waals surface area (Å²) in [4.78, 5) is 22.2. The number of carbonyl (C=O) groups is 1. The first kappa shape index (κ1) is 15.3. The van der Waals surface area contributed by atoms with E-state index in [4.69, 9.17) is 5.11 Å². The number of carbonyl (C=O) groups excluding carboxylic acids is 1. The van der Waals surface area contributed by atoms with Gasteiger partial charge in [0.25, 0.3) is 11.6 Å². The molecule has 0 aliphatic carbocycles. The van der Waals surface area contributed by atoms with Crippen molar-refractivity contribution in [1.82, 2.24) is 0 Å². The maximum atomic E-state index is 11.9. The number of nitro benzene ring substituents is 1. The van der Waals surface area contributed by atoms with Crippen LogP contribution in [0.25, 0.3) is 0 Å². The molecule has 0 radical (unpaired) electrons. The molecule has 2 N–H and O–H groups in total. The monoisotopic (exact) mass is 274 g/mol. The van der Waals surface area contributed by atoms with Crippen LogP contribution in [-0.4, -0.2) is 23.0 Å². The Balaban J connectivity index is 0.000000956. The molecule has 1 amide bonds. The molecule has 0 aliphatic rings.